The first-order valence-electron chi connectivity index (χ1n) is 5.58. The molecular formula is C11H23NO. The predicted octanol–water partition coefficient (Wildman–Crippen LogP) is 2.87. The van der Waals surface area contributed by atoms with Gasteiger partial charge >= 0.3 is 0 Å². The molecule has 1 N–H and O–H groups in total. The maximum Gasteiger partial charge on any atom is 0.219 e. The van der Waals surface area contributed by atoms with Crippen molar-refractivity contribution in [3.63, 3.8) is 0 Å². The number of amides is 1. The molecule has 0 atom stereocenters. The van der Waals surface area contributed by atoms with E-state index >= 15 is 0 Å². The van der Waals surface area contributed by atoms with Crippen molar-refractivity contribution >= 4 is 5.91 Å². The minimum absolute atomic E-state index is 0.206. The molecule has 0 fully saturated rings. The Balaban J connectivity index is 3.02. The molecule has 0 aliphatic heterocycles. The number of carbonyl (C=O) groups is 1. The highest BCUT2D eigenvalue weighted by Crippen LogP contribution is 2.01. The van der Waals surface area contributed by atoms with Gasteiger partial charge in [0.2, 0.25) is 5.91 Å². The van der Waals surface area contributed by atoms with Gasteiger partial charge in [0.1, 0.15) is 0 Å². The van der Waals surface area contributed by atoms with E-state index in [-0.39, 0.29) is 5.91 Å². The minimum atomic E-state index is 0.206. The topological polar surface area (TPSA) is 29.1 Å². The Morgan fingerprint density at radius 1 is 1.00 bits per heavy atom. The smallest absolute Gasteiger partial charge is 0.219 e. The lowest BCUT2D eigenvalue weighted by atomic mass is 10.1. The molecule has 78 valence electrons. The zero-order chi connectivity index (χ0) is 9.94. The van der Waals surface area contributed by atoms with Crippen molar-refractivity contribution in [3.8, 4) is 0 Å². The zero-order valence-corrected chi connectivity index (χ0v) is 9.07. The normalized spacial score (nSPS) is 10.0. The standard InChI is InChI=1S/C11H23NO/c1-3-5-6-7-8-10-12-11(13)9-4-2/h3-10H2,1-2H3,(H,12,13). The fourth-order valence-corrected chi connectivity index (χ4v) is 1.27. The molecular weight excluding hydrogens is 162 g/mol. The molecule has 0 aliphatic rings. The lowest BCUT2D eigenvalue weighted by molar-refractivity contribution is -0.121. The second kappa shape index (κ2) is 9.56. The van der Waals surface area contributed by atoms with Crippen molar-refractivity contribution in [2.24, 2.45) is 0 Å². The molecule has 0 rings (SSSR count). The molecule has 0 aliphatic carbocycles. The van der Waals surface area contributed by atoms with Crippen molar-refractivity contribution in [2.75, 3.05) is 6.54 Å². The summed E-state index contributed by atoms with van der Waals surface area (Å²) in [7, 11) is 0. The van der Waals surface area contributed by atoms with E-state index in [4.69, 9.17) is 0 Å². The highest BCUT2D eigenvalue weighted by Gasteiger charge is 1.96. The number of unbranched alkanes of at least 4 members (excludes halogenated alkanes) is 4. The van der Waals surface area contributed by atoms with Gasteiger partial charge in [-0.1, -0.05) is 39.5 Å². The van der Waals surface area contributed by atoms with Gasteiger partial charge in [0.25, 0.3) is 0 Å². The summed E-state index contributed by atoms with van der Waals surface area (Å²) in [5, 5.41) is 2.92. The summed E-state index contributed by atoms with van der Waals surface area (Å²) in [5.74, 6) is 0.206. The van der Waals surface area contributed by atoms with Crippen molar-refractivity contribution in [3.05, 3.63) is 0 Å². The van der Waals surface area contributed by atoms with Gasteiger partial charge in [-0.2, -0.15) is 0 Å². The van der Waals surface area contributed by atoms with Crippen molar-refractivity contribution in [2.45, 2.75) is 58.8 Å². The maximum absolute atomic E-state index is 11.0. The van der Waals surface area contributed by atoms with Crippen molar-refractivity contribution in [1.82, 2.24) is 5.32 Å². The van der Waals surface area contributed by atoms with E-state index < -0.39 is 0 Å². The second-order valence-electron chi connectivity index (χ2n) is 3.51. The van der Waals surface area contributed by atoms with E-state index in [1.807, 2.05) is 6.92 Å². The average molecular weight is 185 g/mol. The molecule has 0 unspecified atom stereocenters. The summed E-state index contributed by atoms with van der Waals surface area (Å²) in [6.07, 6.45) is 7.91. The van der Waals surface area contributed by atoms with Crippen LogP contribution >= 0.6 is 0 Å². The molecule has 0 radical (unpaired) electrons. The molecule has 0 saturated heterocycles. The molecule has 0 aromatic heterocycles. The summed E-state index contributed by atoms with van der Waals surface area (Å²) in [6.45, 7) is 5.10. The van der Waals surface area contributed by atoms with E-state index in [0.29, 0.717) is 6.42 Å². The van der Waals surface area contributed by atoms with Gasteiger partial charge in [-0.05, 0) is 12.8 Å². The third kappa shape index (κ3) is 9.38. The number of nitrogens with one attached hydrogen (secondary N) is 1. The third-order valence-electron chi connectivity index (χ3n) is 2.08. The molecule has 1 amide bonds. The Labute approximate surface area is 82.1 Å². The SMILES string of the molecule is CCCCCCCNC(=O)CCC. The van der Waals surface area contributed by atoms with Gasteiger partial charge in [0.15, 0.2) is 0 Å². The monoisotopic (exact) mass is 185 g/mol. The molecule has 2 nitrogen and oxygen atoms in total. The van der Waals surface area contributed by atoms with E-state index in [1.165, 1.54) is 25.7 Å². The van der Waals surface area contributed by atoms with E-state index in [2.05, 4.69) is 12.2 Å². The van der Waals surface area contributed by atoms with Crippen LogP contribution in [0.5, 0.6) is 0 Å². The van der Waals surface area contributed by atoms with Gasteiger partial charge in [0, 0.05) is 13.0 Å². The van der Waals surface area contributed by atoms with Gasteiger partial charge in [-0.15, -0.1) is 0 Å². The molecule has 0 aromatic rings. The summed E-state index contributed by atoms with van der Waals surface area (Å²) in [5.41, 5.74) is 0. The first-order valence-corrected chi connectivity index (χ1v) is 5.58. The van der Waals surface area contributed by atoms with Crippen LogP contribution in [0.3, 0.4) is 0 Å². The van der Waals surface area contributed by atoms with Crippen LogP contribution in [0.2, 0.25) is 0 Å². The zero-order valence-electron chi connectivity index (χ0n) is 9.07. The second-order valence-corrected chi connectivity index (χ2v) is 3.51. The van der Waals surface area contributed by atoms with Crippen LogP contribution in [-0.2, 0) is 4.79 Å². The lowest BCUT2D eigenvalue weighted by Crippen LogP contribution is -2.23. The van der Waals surface area contributed by atoms with Crippen molar-refractivity contribution < 1.29 is 4.79 Å². The highest BCUT2D eigenvalue weighted by atomic mass is 16.1. The quantitative estimate of drug-likeness (QED) is 0.579. The van der Waals surface area contributed by atoms with Crippen molar-refractivity contribution in [1.29, 1.82) is 0 Å². The first kappa shape index (κ1) is 12.5. The Hall–Kier alpha value is -0.530. The van der Waals surface area contributed by atoms with Gasteiger partial charge in [0.05, 0.1) is 0 Å². The minimum Gasteiger partial charge on any atom is -0.356 e. The third-order valence-corrected chi connectivity index (χ3v) is 2.08. The van der Waals surface area contributed by atoms with Crippen LogP contribution in [0, 0.1) is 0 Å². The fraction of sp³-hybridized carbons (Fsp3) is 0.909. The number of hydrogen-bond donors (Lipinski definition) is 1. The fourth-order valence-electron chi connectivity index (χ4n) is 1.27. The van der Waals surface area contributed by atoms with E-state index in [9.17, 15) is 4.79 Å². The molecule has 0 heterocycles. The highest BCUT2D eigenvalue weighted by molar-refractivity contribution is 5.75. The number of hydrogen-bond acceptors (Lipinski definition) is 1. The molecule has 0 aromatic carbocycles. The van der Waals surface area contributed by atoms with Crippen LogP contribution in [0.4, 0.5) is 0 Å². The van der Waals surface area contributed by atoms with E-state index in [1.54, 1.807) is 0 Å². The summed E-state index contributed by atoms with van der Waals surface area (Å²) in [6, 6.07) is 0. The van der Waals surface area contributed by atoms with Crippen LogP contribution in [0.15, 0.2) is 0 Å². The molecule has 0 saturated carbocycles. The van der Waals surface area contributed by atoms with Crippen LogP contribution in [0.1, 0.15) is 58.8 Å². The summed E-state index contributed by atoms with van der Waals surface area (Å²) < 4.78 is 0. The van der Waals surface area contributed by atoms with Crippen LogP contribution in [0.25, 0.3) is 0 Å². The predicted molar refractivity (Wildman–Crippen MR) is 56.7 cm³/mol. The number of carbonyl (C=O) groups excluding carboxylic acids is 1. The van der Waals surface area contributed by atoms with Crippen LogP contribution < -0.4 is 5.32 Å². The Bertz CT molecular complexity index is 123. The van der Waals surface area contributed by atoms with Gasteiger partial charge in [-0.25, -0.2) is 0 Å². The Morgan fingerprint density at radius 2 is 1.69 bits per heavy atom. The Kier molecular flexibility index (Phi) is 9.17. The summed E-state index contributed by atoms with van der Waals surface area (Å²) >= 11 is 0. The van der Waals surface area contributed by atoms with Gasteiger partial charge in [-0.3, -0.25) is 4.79 Å². The van der Waals surface area contributed by atoms with Crippen LogP contribution in [-0.4, -0.2) is 12.5 Å². The number of rotatable bonds is 8. The van der Waals surface area contributed by atoms with E-state index in [0.717, 1.165) is 19.4 Å². The average Bonchev–Trinajstić information content (AvgIpc) is 2.11. The summed E-state index contributed by atoms with van der Waals surface area (Å²) in [4.78, 5) is 11.0. The lowest BCUT2D eigenvalue weighted by Gasteiger charge is -2.03. The molecule has 0 bridgehead atoms. The van der Waals surface area contributed by atoms with Gasteiger partial charge < -0.3 is 5.32 Å². The Morgan fingerprint density at radius 3 is 2.31 bits per heavy atom. The molecule has 13 heavy (non-hydrogen) atoms. The first-order chi connectivity index (χ1) is 6.31. The maximum atomic E-state index is 11.0. The molecule has 0 spiro atoms. The largest absolute Gasteiger partial charge is 0.356 e. The molecule has 2 heteroatoms.